The summed E-state index contributed by atoms with van der Waals surface area (Å²) in [4.78, 5) is 29.1. The molecule has 0 spiro atoms. The monoisotopic (exact) mass is 456 g/mol. The number of fused-ring (bicyclic) bond motifs is 1. The quantitative estimate of drug-likeness (QED) is 0.645. The molecule has 7 nitrogen and oxygen atoms in total. The summed E-state index contributed by atoms with van der Waals surface area (Å²) in [6.45, 7) is 9.58. The third-order valence-corrected chi connectivity index (χ3v) is 10.0. The van der Waals surface area contributed by atoms with Crippen LogP contribution in [0.25, 0.3) is 0 Å². The molecule has 31 heavy (non-hydrogen) atoms. The second-order valence-corrected chi connectivity index (χ2v) is 12.6. The van der Waals surface area contributed by atoms with Gasteiger partial charge in [0, 0.05) is 25.3 Å². The van der Waals surface area contributed by atoms with Crippen molar-refractivity contribution in [1.29, 1.82) is 0 Å². The Labute approximate surface area is 187 Å². The zero-order chi connectivity index (χ0) is 22.9. The predicted octanol–water partition coefficient (Wildman–Crippen LogP) is 3.61. The molecule has 4 atom stereocenters. The van der Waals surface area contributed by atoms with Crippen LogP contribution in [0.5, 0.6) is 0 Å². The number of nitrogens with zero attached hydrogens (tertiary/aromatic N) is 2. The molecular formula is C23H40N2O5S. The Balaban J connectivity index is 1.73. The summed E-state index contributed by atoms with van der Waals surface area (Å²) in [5.74, 6) is 1.25. The van der Waals surface area contributed by atoms with E-state index in [9.17, 15) is 18.0 Å². The molecule has 4 unspecified atom stereocenters. The largest absolute Gasteiger partial charge is 0.447 e. The molecule has 1 heterocycles. The molecule has 2 amide bonds. The molecule has 0 aromatic rings. The molecular weight excluding hydrogens is 416 g/mol. The van der Waals surface area contributed by atoms with Crippen molar-refractivity contribution in [3.63, 3.8) is 0 Å². The van der Waals surface area contributed by atoms with Crippen LogP contribution in [-0.2, 0) is 19.4 Å². The van der Waals surface area contributed by atoms with Gasteiger partial charge in [-0.05, 0) is 77.6 Å². The Bertz CT molecular complexity index is 760. The van der Waals surface area contributed by atoms with E-state index in [1.165, 1.54) is 0 Å². The first-order valence-corrected chi connectivity index (χ1v) is 13.7. The van der Waals surface area contributed by atoms with Crippen molar-refractivity contribution >= 4 is 21.8 Å². The summed E-state index contributed by atoms with van der Waals surface area (Å²) in [6, 6.07) is -0.0130. The van der Waals surface area contributed by atoms with E-state index < -0.39 is 9.84 Å². The van der Waals surface area contributed by atoms with E-state index in [4.69, 9.17) is 4.74 Å². The van der Waals surface area contributed by atoms with Crippen molar-refractivity contribution in [3.05, 3.63) is 0 Å². The van der Waals surface area contributed by atoms with Gasteiger partial charge in [-0.1, -0.05) is 6.92 Å². The summed E-state index contributed by atoms with van der Waals surface area (Å²) >= 11 is 0. The number of sulfone groups is 1. The van der Waals surface area contributed by atoms with Gasteiger partial charge in [-0.15, -0.1) is 0 Å². The van der Waals surface area contributed by atoms with Crippen molar-refractivity contribution in [3.8, 4) is 0 Å². The smallest absolute Gasteiger partial charge is 0.410 e. The predicted molar refractivity (Wildman–Crippen MR) is 120 cm³/mol. The fourth-order valence-corrected chi connectivity index (χ4v) is 7.72. The van der Waals surface area contributed by atoms with Crippen molar-refractivity contribution in [2.45, 2.75) is 109 Å². The van der Waals surface area contributed by atoms with Gasteiger partial charge in [0.1, 0.15) is 0 Å². The van der Waals surface area contributed by atoms with Crippen LogP contribution in [-0.4, -0.2) is 72.0 Å². The van der Waals surface area contributed by atoms with Gasteiger partial charge >= 0.3 is 6.09 Å². The van der Waals surface area contributed by atoms with Gasteiger partial charge in [-0.25, -0.2) is 13.2 Å². The molecule has 0 radical (unpaired) electrons. The second kappa shape index (κ2) is 9.67. The third kappa shape index (κ3) is 5.20. The molecule has 1 saturated heterocycles. The average molecular weight is 457 g/mol. The van der Waals surface area contributed by atoms with Crippen LogP contribution in [0.1, 0.15) is 79.6 Å². The Kier molecular flexibility index (Phi) is 7.59. The molecule has 3 aliphatic rings. The van der Waals surface area contributed by atoms with E-state index in [1.807, 2.05) is 30.6 Å². The SMILES string of the molecule is CCS(=O)(=O)C1CCC(C2CCC3C(C2)N(C(=O)OC(C)C)CC(C)N3C(C)=O)CC1. The molecule has 8 heteroatoms. The molecule has 2 saturated carbocycles. The lowest BCUT2D eigenvalue weighted by atomic mass is 9.69. The Morgan fingerprint density at radius 2 is 1.61 bits per heavy atom. The van der Waals surface area contributed by atoms with Crippen molar-refractivity contribution < 1.29 is 22.7 Å². The minimum atomic E-state index is -2.96. The summed E-state index contributed by atoms with van der Waals surface area (Å²) in [6.07, 6.45) is 5.70. The van der Waals surface area contributed by atoms with Crippen LogP contribution in [0.2, 0.25) is 0 Å². The highest BCUT2D eigenvalue weighted by atomic mass is 32.2. The van der Waals surface area contributed by atoms with Crippen LogP contribution >= 0.6 is 0 Å². The summed E-state index contributed by atoms with van der Waals surface area (Å²) in [7, 11) is -2.96. The van der Waals surface area contributed by atoms with E-state index in [-0.39, 0.29) is 47.2 Å². The van der Waals surface area contributed by atoms with Crippen LogP contribution in [0.15, 0.2) is 0 Å². The third-order valence-electron chi connectivity index (χ3n) is 7.75. The number of piperazine rings is 1. The van der Waals surface area contributed by atoms with Crippen molar-refractivity contribution in [1.82, 2.24) is 9.80 Å². The van der Waals surface area contributed by atoms with E-state index >= 15 is 0 Å². The summed E-state index contributed by atoms with van der Waals surface area (Å²) in [5.41, 5.74) is 0. The topological polar surface area (TPSA) is 84.0 Å². The van der Waals surface area contributed by atoms with E-state index in [0.717, 1.165) is 44.9 Å². The van der Waals surface area contributed by atoms with E-state index in [0.29, 0.717) is 18.4 Å². The maximum absolute atomic E-state index is 12.9. The lowest BCUT2D eigenvalue weighted by Gasteiger charge is -2.54. The Morgan fingerprint density at radius 1 is 1.00 bits per heavy atom. The van der Waals surface area contributed by atoms with Gasteiger partial charge in [-0.3, -0.25) is 4.79 Å². The molecule has 1 aliphatic heterocycles. The average Bonchev–Trinajstić information content (AvgIpc) is 2.72. The number of hydrogen-bond acceptors (Lipinski definition) is 5. The first-order valence-electron chi connectivity index (χ1n) is 12.0. The number of hydrogen-bond donors (Lipinski definition) is 0. The van der Waals surface area contributed by atoms with E-state index in [1.54, 1.807) is 13.8 Å². The molecule has 3 fully saturated rings. The fraction of sp³-hybridized carbons (Fsp3) is 0.913. The minimum Gasteiger partial charge on any atom is -0.447 e. The summed E-state index contributed by atoms with van der Waals surface area (Å²) in [5, 5.41) is -0.189. The van der Waals surface area contributed by atoms with Gasteiger partial charge in [-0.2, -0.15) is 0 Å². The fourth-order valence-electron chi connectivity index (χ4n) is 6.26. The maximum atomic E-state index is 12.9. The van der Waals surface area contributed by atoms with Gasteiger partial charge in [0.05, 0.1) is 23.4 Å². The molecule has 178 valence electrons. The molecule has 0 aromatic heterocycles. The highest BCUT2D eigenvalue weighted by Gasteiger charge is 2.48. The standard InChI is InChI=1S/C23H40N2O5S/c1-6-31(28,29)20-10-7-18(8-11-20)19-9-12-21-22(13-19)24(23(27)30-15(2)3)14-16(4)25(21)17(5)26/h15-16,18-22H,6-14H2,1-5H3. The van der Waals surface area contributed by atoms with Crippen LogP contribution in [0.3, 0.4) is 0 Å². The van der Waals surface area contributed by atoms with Crippen LogP contribution in [0.4, 0.5) is 4.79 Å². The van der Waals surface area contributed by atoms with Crippen LogP contribution < -0.4 is 0 Å². The van der Waals surface area contributed by atoms with Crippen LogP contribution in [0, 0.1) is 11.8 Å². The molecule has 3 rings (SSSR count). The number of carbonyl (C=O) groups excluding carboxylic acids is 2. The van der Waals surface area contributed by atoms with Crippen molar-refractivity contribution in [2.24, 2.45) is 11.8 Å². The highest BCUT2D eigenvalue weighted by molar-refractivity contribution is 7.92. The number of rotatable bonds is 4. The van der Waals surface area contributed by atoms with Gasteiger partial charge < -0.3 is 14.5 Å². The highest BCUT2D eigenvalue weighted by Crippen LogP contribution is 2.43. The lowest BCUT2D eigenvalue weighted by molar-refractivity contribution is -0.142. The number of carbonyl (C=O) groups is 2. The minimum absolute atomic E-state index is 0.0234. The first-order chi connectivity index (χ1) is 14.5. The van der Waals surface area contributed by atoms with Gasteiger partial charge in [0.15, 0.2) is 9.84 Å². The maximum Gasteiger partial charge on any atom is 0.410 e. The lowest BCUT2D eigenvalue weighted by Crippen LogP contribution is -2.67. The normalized spacial score (nSPS) is 34.4. The first kappa shape index (κ1) is 24.3. The Morgan fingerprint density at radius 3 is 2.16 bits per heavy atom. The van der Waals surface area contributed by atoms with E-state index in [2.05, 4.69) is 0 Å². The zero-order valence-corrected chi connectivity index (χ0v) is 20.6. The Hall–Kier alpha value is -1.31. The van der Waals surface area contributed by atoms with Crippen molar-refractivity contribution in [2.75, 3.05) is 12.3 Å². The van der Waals surface area contributed by atoms with Gasteiger partial charge in [0.2, 0.25) is 5.91 Å². The number of ether oxygens (including phenoxy) is 1. The zero-order valence-electron chi connectivity index (χ0n) is 19.7. The molecule has 0 bridgehead atoms. The molecule has 0 aromatic carbocycles. The number of amides is 2. The molecule has 2 aliphatic carbocycles. The summed E-state index contributed by atoms with van der Waals surface area (Å²) < 4.78 is 30.1. The second-order valence-electron chi connectivity index (χ2n) is 10.1. The molecule has 0 N–H and O–H groups in total. The van der Waals surface area contributed by atoms with Gasteiger partial charge in [0.25, 0.3) is 0 Å².